The molecule has 1 aliphatic heterocycles. The molecule has 0 saturated carbocycles. The van der Waals surface area contributed by atoms with Gasteiger partial charge < -0.3 is 10.2 Å². The molecular weight excluding hydrogens is 292 g/mol. The van der Waals surface area contributed by atoms with Crippen LogP contribution < -0.4 is 10.2 Å². The van der Waals surface area contributed by atoms with Crippen molar-refractivity contribution < 1.29 is 0 Å². The zero-order valence-corrected chi connectivity index (χ0v) is 14.5. The van der Waals surface area contributed by atoms with Crippen LogP contribution in [0.15, 0.2) is 54.6 Å². The standard InChI is InChI=1S/C22H28N2/c1-2-11-21(12-3-1)24(15-13-20-10-6-7-14-23-20)22-16-18-8-4-5-9-19(18)17-22/h1-5,8-9,11-12,20,22-23H,6-7,10,13-17H2. The molecular formula is C22H28N2. The number of rotatable bonds is 5. The Labute approximate surface area is 145 Å². The lowest BCUT2D eigenvalue weighted by Gasteiger charge is -2.33. The van der Waals surface area contributed by atoms with Crippen LogP contribution >= 0.6 is 0 Å². The minimum Gasteiger partial charge on any atom is -0.368 e. The lowest BCUT2D eigenvalue weighted by molar-refractivity contribution is 0.379. The molecule has 4 rings (SSSR count). The van der Waals surface area contributed by atoms with Crippen molar-refractivity contribution in [3.8, 4) is 0 Å². The van der Waals surface area contributed by atoms with Crippen LogP contribution in [0, 0.1) is 0 Å². The average molecular weight is 320 g/mol. The van der Waals surface area contributed by atoms with Gasteiger partial charge in [-0.25, -0.2) is 0 Å². The van der Waals surface area contributed by atoms with Gasteiger partial charge in [0.1, 0.15) is 0 Å². The van der Waals surface area contributed by atoms with Crippen molar-refractivity contribution in [2.24, 2.45) is 0 Å². The second-order valence-corrected chi connectivity index (χ2v) is 7.30. The van der Waals surface area contributed by atoms with Gasteiger partial charge in [0, 0.05) is 24.3 Å². The van der Waals surface area contributed by atoms with Crippen LogP contribution in [0.3, 0.4) is 0 Å². The molecule has 0 radical (unpaired) electrons. The quantitative estimate of drug-likeness (QED) is 0.888. The lowest BCUT2D eigenvalue weighted by atomic mass is 10.0. The first-order valence-electron chi connectivity index (χ1n) is 9.52. The van der Waals surface area contributed by atoms with Crippen molar-refractivity contribution in [1.29, 1.82) is 0 Å². The van der Waals surface area contributed by atoms with E-state index in [1.54, 1.807) is 11.1 Å². The summed E-state index contributed by atoms with van der Waals surface area (Å²) in [5, 5.41) is 3.71. The molecule has 2 aliphatic rings. The number of nitrogens with zero attached hydrogens (tertiary/aromatic N) is 1. The summed E-state index contributed by atoms with van der Waals surface area (Å²) in [4.78, 5) is 2.66. The third-order valence-electron chi connectivity index (χ3n) is 5.69. The third-order valence-corrected chi connectivity index (χ3v) is 5.69. The Bertz CT molecular complexity index is 621. The van der Waals surface area contributed by atoms with Gasteiger partial charge in [0.25, 0.3) is 0 Å². The van der Waals surface area contributed by atoms with Crippen LogP contribution in [-0.2, 0) is 12.8 Å². The van der Waals surface area contributed by atoms with E-state index in [-0.39, 0.29) is 0 Å². The Balaban J connectivity index is 1.49. The molecule has 1 unspecified atom stereocenters. The zero-order chi connectivity index (χ0) is 16.2. The molecule has 0 amide bonds. The number of hydrogen-bond acceptors (Lipinski definition) is 2. The van der Waals surface area contributed by atoms with E-state index in [9.17, 15) is 0 Å². The number of piperidine rings is 1. The van der Waals surface area contributed by atoms with Crippen LogP contribution in [-0.4, -0.2) is 25.2 Å². The van der Waals surface area contributed by atoms with Crippen LogP contribution in [0.2, 0.25) is 0 Å². The molecule has 2 aromatic rings. The van der Waals surface area contributed by atoms with Gasteiger partial charge in [-0.05, 0) is 61.9 Å². The predicted molar refractivity (Wildman–Crippen MR) is 102 cm³/mol. The van der Waals surface area contributed by atoms with E-state index in [0.717, 1.165) is 6.54 Å². The van der Waals surface area contributed by atoms with Crippen molar-refractivity contribution in [2.45, 2.75) is 50.6 Å². The normalized spacial score (nSPS) is 20.8. The van der Waals surface area contributed by atoms with Gasteiger partial charge in [0.15, 0.2) is 0 Å². The highest BCUT2D eigenvalue weighted by Gasteiger charge is 2.27. The van der Waals surface area contributed by atoms with E-state index in [2.05, 4.69) is 64.8 Å². The maximum absolute atomic E-state index is 3.71. The summed E-state index contributed by atoms with van der Waals surface area (Å²) in [5.74, 6) is 0. The van der Waals surface area contributed by atoms with E-state index in [1.807, 2.05) is 0 Å². The van der Waals surface area contributed by atoms with E-state index in [0.29, 0.717) is 12.1 Å². The summed E-state index contributed by atoms with van der Waals surface area (Å²) in [7, 11) is 0. The Morgan fingerprint density at radius 3 is 2.25 bits per heavy atom. The molecule has 1 atom stereocenters. The first kappa shape index (κ1) is 15.7. The topological polar surface area (TPSA) is 15.3 Å². The minimum absolute atomic E-state index is 0.605. The van der Waals surface area contributed by atoms with Gasteiger partial charge in [-0.3, -0.25) is 0 Å². The second-order valence-electron chi connectivity index (χ2n) is 7.30. The van der Waals surface area contributed by atoms with Crippen LogP contribution in [0.4, 0.5) is 5.69 Å². The molecule has 1 fully saturated rings. The fraction of sp³-hybridized carbons (Fsp3) is 0.455. The average Bonchev–Trinajstić information content (AvgIpc) is 3.07. The highest BCUT2D eigenvalue weighted by atomic mass is 15.2. The van der Waals surface area contributed by atoms with E-state index >= 15 is 0 Å². The molecule has 1 heterocycles. The predicted octanol–water partition coefficient (Wildman–Crippen LogP) is 4.19. The Morgan fingerprint density at radius 1 is 0.875 bits per heavy atom. The second kappa shape index (κ2) is 7.40. The van der Waals surface area contributed by atoms with Gasteiger partial charge in [-0.1, -0.05) is 48.9 Å². The SMILES string of the molecule is c1ccc(N(CCC2CCCCN2)C2Cc3ccccc3C2)cc1. The first-order chi connectivity index (χ1) is 11.9. The zero-order valence-electron chi connectivity index (χ0n) is 14.5. The van der Waals surface area contributed by atoms with Crippen molar-refractivity contribution in [1.82, 2.24) is 5.32 Å². The largest absolute Gasteiger partial charge is 0.368 e. The van der Waals surface area contributed by atoms with Crippen molar-refractivity contribution in [3.63, 3.8) is 0 Å². The fourth-order valence-corrected chi connectivity index (χ4v) is 4.36. The number of fused-ring (bicyclic) bond motifs is 1. The van der Waals surface area contributed by atoms with Gasteiger partial charge in [0.2, 0.25) is 0 Å². The van der Waals surface area contributed by atoms with Crippen LogP contribution in [0.5, 0.6) is 0 Å². The molecule has 1 saturated heterocycles. The maximum atomic E-state index is 3.71. The third kappa shape index (κ3) is 3.49. The molecule has 126 valence electrons. The molecule has 2 nitrogen and oxygen atoms in total. The van der Waals surface area contributed by atoms with Crippen LogP contribution in [0.1, 0.15) is 36.8 Å². The summed E-state index contributed by atoms with van der Waals surface area (Å²) in [5.41, 5.74) is 4.46. The number of para-hydroxylation sites is 1. The highest BCUT2D eigenvalue weighted by Crippen LogP contribution is 2.29. The fourth-order valence-electron chi connectivity index (χ4n) is 4.36. The van der Waals surface area contributed by atoms with E-state index in [1.165, 1.54) is 50.8 Å². The Morgan fingerprint density at radius 2 is 1.58 bits per heavy atom. The number of nitrogens with one attached hydrogen (secondary N) is 1. The van der Waals surface area contributed by atoms with Gasteiger partial charge in [0.05, 0.1) is 0 Å². The number of benzene rings is 2. The van der Waals surface area contributed by atoms with E-state index in [4.69, 9.17) is 0 Å². The highest BCUT2D eigenvalue weighted by molar-refractivity contribution is 5.49. The molecule has 2 heteroatoms. The van der Waals surface area contributed by atoms with Gasteiger partial charge >= 0.3 is 0 Å². The summed E-state index contributed by atoms with van der Waals surface area (Å²) in [6, 6.07) is 21.3. The summed E-state index contributed by atoms with van der Waals surface area (Å²) in [6.45, 7) is 2.35. The monoisotopic (exact) mass is 320 g/mol. The molecule has 1 aliphatic carbocycles. The summed E-state index contributed by atoms with van der Waals surface area (Å²) in [6.07, 6.45) is 7.69. The van der Waals surface area contributed by atoms with E-state index < -0.39 is 0 Å². The molecule has 0 bridgehead atoms. The summed E-state index contributed by atoms with van der Waals surface area (Å²) >= 11 is 0. The first-order valence-corrected chi connectivity index (χ1v) is 9.52. The number of anilines is 1. The Kier molecular flexibility index (Phi) is 4.84. The van der Waals surface area contributed by atoms with Gasteiger partial charge in [-0.2, -0.15) is 0 Å². The molecule has 2 aromatic carbocycles. The molecule has 0 spiro atoms. The van der Waals surface area contributed by atoms with Crippen molar-refractivity contribution >= 4 is 5.69 Å². The summed E-state index contributed by atoms with van der Waals surface area (Å²) < 4.78 is 0. The molecule has 1 N–H and O–H groups in total. The molecule has 0 aromatic heterocycles. The lowest BCUT2D eigenvalue weighted by Crippen LogP contribution is -2.41. The maximum Gasteiger partial charge on any atom is 0.0370 e. The molecule has 24 heavy (non-hydrogen) atoms. The van der Waals surface area contributed by atoms with Crippen LogP contribution in [0.25, 0.3) is 0 Å². The van der Waals surface area contributed by atoms with Gasteiger partial charge in [-0.15, -0.1) is 0 Å². The van der Waals surface area contributed by atoms with Crippen molar-refractivity contribution in [2.75, 3.05) is 18.0 Å². The number of hydrogen-bond donors (Lipinski definition) is 1. The minimum atomic E-state index is 0.605. The Hall–Kier alpha value is -1.80. The van der Waals surface area contributed by atoms with Crippen molar-refractivity contribution in [3.05, 3.63) is 65.7 Å². The smallest absolute Gasteiger partial charge is 0.0370 e.